The van der Waals surface area contributed by atoms with Gasteiger partial charge >= 0.3 is 0 Å². The summed E-state index contributed by atoms with van der Waals surface area (Å²) in [5.74, 6) is -0.857. The number of carbonyl (C=O) groups is 1. The summed E-state index contributed by atoms with van der Waals surface area (Å²) in [5, 5.41) is 22.9. The van der Waals surface area contributed by atoms with Gasteiger partial charge in [-0.15, -0.1) is 0 Å². The summed E-state index contributed by atoms with van der Waals surface area (Å²) in [4.78, 5) is 15.7. The van der Waals surface area contributed by atoms with E-state index < -0.39 is 0 Å². The number of halogens is 1. The molecule has 0 aliphatic carbocycles. The Bertz CT molecular complexity index is 730. The summed E-state index contributed by atoms with van der Waals surface area (Å²) in [6, 6.07) is 5.58. The molecule has 0 bridgehead atoms. The van der Waals surface area contributed by atoms with E-state index in [0.29, 0.717) is 22.4 Å². The summed E-state index contributed by atoms with van der Waals surface area (Å²) >= 11 is 0. The molecule has 0 aliphatic heterocycles. The molecule has 2 rings (SSSR count). The summed E-state index contributed by atoms with van der Waals surface area (Å²) in [7, 11) is 0. The van der Waals surface area contributed by atoms with Gasteiger partial charge < -0.3 is 10.2 Å². The molecule has 0 atom stereocenters. The SMILES string of the molecule is Cc1ncc(CO)c(/C=N\NC(=O)Cc2ccc(F)cc2)c1O. The van der Waals surface area contributed by atoms with Crippen molar-refractivity contribution < 1.29 is 19.4 Å². The second-order valence-corrected chi connectivity index (χ2v) is 4.89. The van der Waals surface area contributed by atoms with Crippen LogP contribution in [-0.4, -0.2) is 27.3 Å². The van der Waals surface area contributed by atoms with Gasteiger partial charge in [0.2, 0.25) is 5.91 Å². The summed E-state index contributed by atoms with van der Waals surface area (Å²) in [6.45, 7) is 1.30. The van der Waals surface area contributed by atoms with Crippen LogP contribution in [-0.2, 0) is 17.8 Å². The van der Waals surface area contributed by atoms with Crippen molar-refractivity contribution in [3.8, 4) is 5.75 Å². The van der Waals surface area contributed by atoms with Crippen molar-refractivity contribution in [2.24, 2.45) is 5.10 Å². The average molecular weight is 317 g/mol. The van der Waals surface area contributed by atoms with Crippen LogP contribution in [0.3, 0.4) is 0 Å². The zero-order valence-corrected chi connectivity index (χ0v) is 12.5. The Morgan fingerprint density at radius 2 is 2.09 bits per heavy atom. The monoisotopic (exact) mass is 317 g/mol. The first-order chi connectivity index (χ1) is 11.0. The molecule has 2 aromatic rings. The number of hydrogen-bond acceptors (Lipinski definition) is 5. The zero-order valence-electron chi connectivity index (χ0n) is 12.5. The molecule has 0 aliphatic rings. The lowest BCUT2D eigenvalue weighted by molar-refractivity contribution is -0.120. The van der Waals surface area contributed by atoms with Gasteiger partial charge in [-0.2, -0.15) is 5.10 Å². The minimum atomic E-state index is -0.385. The maximum Gasteiger partial charge on any atom is 0.244 e. The molecular formula is C16H16FN3O3. The molecule has 1 aromatic heterocycles. The highest BCUT2D eigenvalue weighted by atomic mass is 19.1. The van der Waals surface area contributed by atoms with Crippen LogP contribution in [0.25, 0.3) is 0 Å². The number of aromatic hydroxyl groups is 1. The van der Waals surface area contributed by atoms with Crippen molar-refractivity contribution in [1.82, 2.24) is 10.4 Å². The summed E-state index contributed by atoms with van der Waals surface area (Å²) < 4.78 is 12.8. The van der Waals surface area contributed by atoms with E-state index in [4.69, 9.17) is 0 Å². The van der Waals surface area contributed by atoms with Crippen LogP contribution in [0.15, 0.2) is 35.6 Å². The fourth-order valence-electron chi connectivity index (χ4n) is 1.92. The van der Waals surface area contributed by atoms with Crippen LogP contribution < -0.4 is 5.43 Å². The third-order valence-electron chi connectivity index (χ3n) is 3.19. The van der Waals surface area contributed by atoms with E-state index >= 15 is 0 Å². The first-order valence-electron chi connectivity index (χ1n) is 6.86. The van der Waals surface area contributed by atoms with Crippen LogP contribution in [0.1, 0.15) is 22.4 Å². The zero-order chi connectivity index (χ0) is 16.8. The van der Waals surface area contributed by atoms with E-state index in [-0.39, 0.29) is 30.5 Å². The summed E-state index contributed by atoms with van der Waals surface area (Å²) in [5.41, 5.74) is 4.04. The second-order valence-electron chi connectivity index (χ2n) is 4.89. The number of aliphatic hydroxyl groups excluding tert-OH is 1. The van der Waals surface area contributed by atoms with Gasteiger partial charge in [0.25, 0.3) is 0 Å². The first-order valence-corrected chi connectivity index (χ1v) is 6.86. The van der Waals surface area contributed by atoms with Crippen molar-refractivity contribution in [3.63, 3.8) is 0 Å². The number of amides is 1. The number of nitrogens with one attached hydrogen (secondary N) is 1. The smallest absolute Gasteiger partial charge is 0.244 e. The molecule has 1 aromatic carbocycles. The predicted octanol–water partition coefficient (Wildman–Crippen LogP) is 1.42. The van der Waals surface area contributed by atoms with Crippen LogP contribution in [0, 0.1) is 12.7 Å². The number of hydrazone groups is 1. The number of pyridine rings is 1. The maximum absolute atomic E-state index is 12.8. The number of rotatable bonds is 5. The number of nitrogens with zero attached hydrogens (tertiary/aromatic N) is 2. The van der Waals surface area contributed by atoms with E-state index in [1.165, 1.54) is 36.7 Å². The Labute approximate surface area is 132 Å². The quantitative estimate of drug-likeness (QED) is 0.574. The van der Waals surface area contributed by atoms with E-state index in [9.17, 15) is 19.4 Å². The van der Waals surface area contributed by atoms with Crippen molar-refractivity contribution >= 4 is 12.1 Å². The molecule has 0 spiro atoms. The molecule has 120 valence electrons. The molecule has 1 amide bonds. The van der Waals surface area contributed by atoms with E-state index in [2.05, 4.69) is 15.5 Å². The lowest BCUT2D eigenvalue weighted by atomic mass is 10.1. The molecule has 6 nitrogen and oxygen atoms in total. The Hall–Kier alpha value is -2.80. The van der Waals surface area contributed by atoms with Crippen LogP contribution >= 0.6 is 0 Å². The highest BCUT2D eigenvalue weighted by Crippen LogP contribution is 2.21. The van der Waals surface area contributed by atoms with E-state index in [0.717, 1.165) is 0 Å². The Morgan fingerprint density at radius 3 is 2.74 bits per heavy atom. The Balaban J connectivity index is 2.03. The topological polar surface area (TPSA) is 94.8 Å². The van der Waals surface area contributed by atoms with Gasteiger partial charge in [-0.1, -0.05) is 12.1 Å². The van der Waals surface area contributed by atoms with E-state index in [1.54, 1.807) is 6.92 Å². The lowest BCUT2D eigenvalue weighted by Gasteiger charge is -2.07. The highest BCUT2D eigenvalue weighted by Gasteiger charge is 2.09. The molecule has 7 heteroatoms. The number of aromatic nitrogens is 1. The predicted molar refractivity (Wildman–Crippen MR) is 82.4 cm³/mol. The minimum absolute atomic E-state index is 0.0475. The fraction of sp³-hybridized carbons (Fsp3) is 0.188. The van der Waals surface area contributed by atoms with Crippen LogP contribution in [0.4, 0.5) is 4.39 Å². The normalized spacial score (nSPS) is 10.9. The third kappa shape index (κ3) is 4.33. The lowest BCUT2D eigenvalue weighted by Crippen LogP contribution is -2.19. The number of hydrogen-bond donors (Lipinski definition) is 3. The van der Waals surface area contributed by atoms with Gasteiger partial charge in [0, 0.05) is 17.3 Å². The highest BCUT2D eigenvalue weighted by molar-refractivity contribution is 5.87. The van der Waals surface area contributed by atoms with Crippen molar-refractivity contribution in [3.05, 3.63) is 58.7 Å². The van der Waals surface area contributed by atoms with Gasteiger partial charge in [-0.25, -0.2) is 9.82 Å². The second kappa shape index (κ2) is 7.46. The molecule has 3 N–H and O–H groups in total. The van der Waals surface area contributed by atoms with Gasteiger partial charge in [-0.3, -0.25) is 9.78 Å². The van der Waals surface area contributed by atoms with Gasteiger partial charge in [0.1, 0.15) is 11.6 Å². The Kier molecular flexibility index (Phi) is 5.37. The van der Waals surface area contributed by atoms with Gasteiger partial charge in [0.05, 0.1) is 24.9 Å². The molecule has 1 heterocycles. The van der Waals surface area contributed by atoms with Crippen molar-refractivity contribution in [1.29, 1.82) is 0 Å². The molecular weight excluding hydrogens is 301 g/mol. The largest absolute Gasteiger partial charge is 0.505 e. The van der Waals surface area contributed by atoms with Crippen molar-refractivity contribution in [2.45, 2.75) is 20.0 Å². The molecule has 23 heavy (non-hydrogen) atoms. The molecule has 0 unspecified atom stereocenters. The van der Waals surface area contributed by atoms with Crippen molar-refractivity contribution in [2.75, 3.05) is 0 Å². The number of benzene rings is 1. The van der Waals surface area contributed by atoms with E-state index in [1.807, 2.05) is 0 Å². The first kappa shape index (κ1) is 16.6. The minimum Gasteiger partial charge on any atom is -0.505 e. The summed E-state index contributed by atoms with van der Waals surface area (Å²) in [6.07, 6.45) is 2.72. The van der Waals surface area contributed by atoms with Gasteiger partial charge in [0.15, 0.2) is 0 Å². The standard InChI is InChI=1S/C16H16FN3O3/c1-10-16(23)14(12(9-21)7-18-10)8-19-20-15(22)6-11-2-4-13(17)5-3-11/h2-5,7-8,21,23H,6,9H2,1H3,(H,20,22)/b19-8-. The fourth-order valence-corrected chi connectivity index (χ4v) is 1.92. The molecule has 0 saturated heterocycles. The average Bonchev–Trinajstić information content (AvgIpc) is 2.54. The molecule has 0 saturated carbocycles. The molecule has 0 fully saturated rings. The number of aliphatic hydroxyl groups is 1. The third-order valence-corrected chi connectivity index (χ3v) is 3.19. The number of carbonyl (C=O) groups excluding carboxylic acids is 1. The number of aryl methyl sites for hydroxylation is 1. The van der Waals surface area contributed by atoms with Crippen LogP contribution in [0.5, 0.6) is 5.75 Å². The maximum atomic E-state index is 12.8. The molecule has 0 radical (unpaired) electrons. The Morgan fingerprint density at radius 1 is 1.39 bits per heavy atom. The van der Waals surface area contributed by atoms with Gasteiger partial charge in [-0.05, 0) is 24.6 Å². The van der Waals surface area contributed by atoms with Crippen LogP contribution in [0.2, 0.25) is 0 Å².